The first kappa shape index (κ1) is 44.7. The molecule has 52 heavy (non-hydrogen) atoms. The highest BCUT2D eigenvalue weighted by atomic mass is 16.7. The van der Waals surface area contributed by atoms with Crippen LogP contribution in [0.15, 0.2) is 60.4 Å². The van der Waals surface area contributed by atoms with Crippen LogP contribution in [0, 0.1) is 5.92 Å². The number of amides is 1. The highest BCUT2D eigenvalue weighted by Gasteiger charge is 2.33. The van der Waals surface area contributed by atoms with Crippen LogP contribution < -0.4 is 55.1 Å². The van der Waals surface area contributed by atoms with Gasteiger partial charge >= 0.3 is 0 Å². The topological polar surface area (TPSA) is 175 Å². The van der Waals surface area contributed by atoms with E-state index in [1.165, 1.54) is 11.2 Å². The number of anilines is 1. The van der Waals surface area contributed by atoms with E-state index in [1.54, 1.807) is 60.9 Å². The van der Waals surface area contributed by atoms with Crippen molar-refractivity contribution in [1.82, 2.24) is 5.32 Å². The van der Waals surface area contributed by atoms with E-state index in [0.717, 1.165) is 29.7 Å². The van der Waals surface area contributed by atoms with Crippen molar-refractivity contribution in [1.29, 1.82) is 0 Å². The second-order valence-electron chi connectivity index (χ2n) is 10.4. The predicted octanol–water partition coefficient (Wildman–Crippen LogP) is 5.56. The molecule has 0 fully saturated rings. The number of hydrogen-bond donors (Lipinski definition) is 3. The molecule has 0 bridgehead atoms. The van der Waals surface area contributed by atoms with Crippen LogP contribution in [0.1, 0.15) is 51.3 Å². The van der Waals surface area contributed by atoms with Gasteiger partial charge in [0, 0.05) is 37.4 Å². The minimum absolute atomic E-state index is 0.0479. The number of ether oxygens (including phenoxy) is 8. The summed E-state index contributed by atoms with van der Waals surface area (Å²) >= 11 is 0. The van der Waals surface area contributed by atoms with Crippen molar-refractivity contribution in [3.63, 3.8) is 0 Å². The number of carbonyl (C=O) groups is 2. The van der Waals surface area contributed by atoms with Crippen molar-refractivity contribution in [3.05, 3.63) is 71.6 Å². The Morgan fingerprint density at radius 2 is 1.42 bits per heavy atom. The number of nitrogens with zero attached hydrogens (tertiary/aromatic N) is 1. The summed E-state index contributed by atoms with van der Waals surface area (Å²) < 4.78 is 42.3. The molecule has 3 aromatic rings. The van der Waals surface area contributed by atoms with Crippen LogP contribution in [-0.4, -0.2) is 68.8 Å². The molecule has 14 heteroatoms. The molecule has 5 N–H and O–H groups in total. The Labute approximate surface area is 307 Å². The highest BCUT2D eigenvalue weighted by molar-refractivity contribution is 5.93. The SMILES string of the molecule is C=O.CC.CC.COCC1CCc2cc3c(cc2C1NC(=O)/C(N)=C/N(N)c1cc(OC)cc(OC)c1)OCO3.COc1cccc(OC)c1OC. The maximum Gasteiger partial charge on any atom is 0.269 e. The van der Waals surface area contributed by atoms with Gasteiger partial charge in [-0.15, -0.1) is 0 Å². The molecule has 2 atom stereocenters. The number of aryl methyl sites for hydroxylation is 1. The zero-order valence-corrected chi connectivity index (χ0v) is 32.1. The number of hydrazine groups is 1. The van der Waals surface area contributed by atoms with Gasteiger partial charge in [0.15, 0.2) is 23.0 Å². The molecule has 1 aliphatic carbocycles. The Morgan fingerprint density at radius 1 is 0.865 bits per heavy atom. The lowest BCUT2D eigenvalue weighted by Crippen LogP contribution is -2.40. The molecule has 14 nitrogen and oxygen atoms in total. The van der Waals surface area contributed by atoms with Gasteiger partial charge in [0.25, 0.3) is 5.91 Å². The van der Waals surface area contributed by atoms with Gasteiger partial charge in [0.1, 0.15) is 24.0 Å². The Hall–Kier alpha value is -5.34. The van der Waals surface area contributed by atoms with Crippen LogP contribution in [0.5, 0.6) is 40.2 Å². The van der Waals surface area contributed by atoms with E-state index < -0.39 is 5.91 Å². The number of benzene rings is 3. The molecule has 288 valence electrons. The van der Waals surface area contributed by atoms with Crippen molar-refractivity contribution in [2.24, 2.45) is 17.5 Å². The van der Waals surface area contributed by atoms with E-state index in [9.17, 15) is 4.79 Å². The van der Waals surface area contributed by atoms with Gasteiger partial charge in [0.2, 0.25) is 12.5 Å². The standard InChI is InChI=1S/C24H30N4O6.C9H12O3.2C2H6.CH2O/c1-30-12-15-5-4-14-6-21-22(34-13-33-21)10-19(14)23(15)27-24(29)20(25)11-28(26)16-7-17(31-2)9-18(8-16)32-3;1-10-7-5-4-6-8(11-2)9(7)12-3;3*1-2/h6-11,15,23H,4-5,12-13,25-26H2,1-3H3,(H,27,29);4-6H,1-3H3;2*1-2H3;1H2/b20-11-;;;;. The quantitative estimate of drug-likeness (QED) is 0.127. The first-order chi connectivity index (χ1) is 25.3. The summed E-state index contributed by atoms with van der Waals surface area (Å²) in [6.07, 6.45) is 3.06. The summed E-state index contributed by atoms with van der Waals surface area (Å²) in [5.74, 6) is 10.3. The van der Waals surface area contributed by atoms with E-state index in [1.807, 2.05) is 64.8 Å². The number of rotatable bonds is 11. The van der Waals surface area contributed by atoms with Crippen LogP contribution >= 0.6 is 0 Å². The Morgan fingerprint density at radius 3 is 1.92 bits per heavy atom. The molecule has 2 aliphatic rings. The van der Waals surface area contributed by atoms with Gasteiger partial charge in [-0.1, -0.05) is 33.8 Å². The summed E-state index contributed by atoms with van der Waals surface area (Å²) in [4.78, 5) is 21.1. The lowest BCUT2D eigenvalue weighted by Gasteiger charge is -2.34. The van der Waals surface area contributed by atoms with Gasteiger partial charge in [-0.3, -0.25) is 9.80 Å². The third kappa shape index (κ3) is 11.9. The van der Waals surface area contributed by atoms with Crippen LogP contribution in [0.4, 0.5) is 5.69 Å². The zero-order valence-electron chi connectivity index (χ0n) is 32.1. The van der Waals surface area contributed by atoms with E-state index in [0.29, 0.717) is 46.8 Å². The van der Waals surface area contributed by atoms with Crippen LogP contribution in [0.25, 0.3) is 0 Å². The normalized spacial score (nSPS) is 14.7. The molecule has 3 aromatic carbocycles. The number of carbonyl (C=O) groups excluding carboxylic acids is 2. The van der Waals surface area contributed by atoms with E-state index in [4.69, 9.17) is 54.3 Å². The molecule has 0 saturated heterocycles. The van der Waals surface area contributed by atoms with Gasteiger partial charge in [-0.25, -0.2) is 5.84 Å². The van der Waals surface area contributed by atoms with Crippen molar-refractivity contribution in [3.8, 4) is 40.2 Å². The van der Waals surface area contributed by atoms with Gasteiger partial charge < -0.3 is 53.7 Å². The summed E-state index contributed by atoms with van der Waals surface area (Å²) in [5, 5.41) is 4.31. The van der Waals surface area contributed by atoms with Crippen LogP contribution in [0.3, 0.4) is 0 Å². The summed E-state index contributed by atoms with van der Waals surface area (Å²) in [5.41, 5.74) is 8.70. The maximum atomic E-state index is 13.1. The summed E-state index contributed by atoms with van der Waals surface area (Å²) in [6.45, 7) is 10.7. The fraction of sp³-hybridized carbons (Fsp3) is 0.421. The largest absolute Gasteiger partial charge is 0.497 e. The molecule has 0 saturated carbocycles. The fourth-order valence-electron chi connectivity index (χ4n) is 5.32. The molecule has 2 unspecified atom stereocenters. The highest BCUT2D eigenvalue weighted by Crippen LogP contribution is 2.43. The van der Waals surface area contributed by atoms with Crippen LogP contribution in [-0.2, 0) is 20.7 Å². The third-order valence-corrected chi connectivity index (χ3v) is 7.65. The average Bonchev–Trinajstić information content (AvgIpc) is 3.67. The van der Waals surface area contributed by atoms with E-state index in [2.05, 4.69) is 5.32 Å². The number of fused-ring (bicyclic) bond motifs is 2. The number of nitrogens with two attached hydrogens (primary N) is 2. The number of para-hydroxylation sites is 1. The molecule has 0 radical (unpaired) electrons. The lowest BCUT2D eigenvalue weighted by molar-refractivity contribution is -0.119. The second kappa shape index (κ2) is 24.0. The molecule has 1 amide bonds. The second-order valence-corrected chi connectivity index (χ2v) is 10.4. The van der Waals surface area contributed by atoms with Crippen molar-refractivity contribution >= 4 is 18.4 Å². The molecule has 1 aliphatic heterocycles. The molecule has 1 heterocycles. The number of methoxy groups -OCH3 is 6. The smallest absolute Gasteiger partial charge is 0.269 e. The van der Waals surface area contributed by atoms with Crippen LogP contribution in [0.2, 0.25) is 0 Å². The van der Waals surface area contributed by atoms with E-state index >= 15 is 0 Å². The maximum absolute atomic E-state index is 13.1. The minimum Gasteiger partial charge on any atom is -0.497 e. The minimum atomic E-state index is -0.443. The third-order valence-electron chi connectivity index (χ3n) is 7.65. The van der Waals surface area contributed by atoms with Crippen molar-refractivity contribution in [2.75, 3.05) is 61.1 Å². The number of hydrogen-bond acceptors (Lipinski definition) is 13. The van der Waals surface area contributed by atoms with E-state index in [-0.39, 0.29) is 24.4 Å². The van der Waals surface area contributed by atoms with Crippen molar-refractivity contribution in [2.45, 2.75) is 46.6 Å². The molecular weight excluding hydrogens is 672 g/mol. The first-order valence-corrected chi connectivity index (χ1v) is 16.8. The Kier molecular flexibility index (Phi) is 20.6. The summed E-state index contributed by atoms with van der Waals surface area (Å²) in [6, 6.07) is 14.2. The number of nitrogens with one attached hydrogen (secondary N) is 1. The molecule has 0 aromatic heterocycles. The molecule has 5 rings (SSSR count). The van der Waals surface area contributed by atoms with Gasteiger partial charge in [-0.2, -0.15) is 0 Å². The Balaban J connectivity index is 0.000000628. The van der Waals surface area contributed by atoms with Gasteiger partial charge in [-0.05, 0) is 48.2 Å². The zero-order chi connectivity index (χ0) is 39.2. The van der Waals surface area contributed by atoms with Crippen molar-refractivity contribution < 1.29 is 47.5 Å². The fourth-order valence-corrected chi connectivity index (χ4v) is 5.32. The summed E-state index contributed by atoms with van der Waals surface area (Å²) in [7, 11) is 9.51. The predicted molar refractivity (Wildman–Crippen MR) is 202 cm³/mol. The monoisotopic (exact) mass is 728 g/mol. The first-order valence-electron chi connectivity index (χ1n) is 16.8. The molecule has 0 spiro atoms. The van der Waals surface area contributed by atoms with Gasteiger partial charge in [0.05, 0.1) is 53.9 Å². The average molecular weight is 729 g/mol. The Bertz CT molecular complexity index is 1510. The lowest BCUT2D eigenvalue weighted by atomic mass is 9.79. The molecular formula is C38H56N4O10.